The van der Waals surface area contributed by atoms with Gasteiger partial charge in [-0.05, 0) is 43.4 Å². The lowest BCUT2D eigenvalue weighted by atomic mass is 9.97. The smallest absolute Gasteiger partial charge is 0.364 e. The maximum atomic E-state index is 13.4. The number of piperidine rings is 1. The van der Waals surface area contributed by atoms with Gasteiger partial charge >= 0.3 is 6.18 Å². The molecule has 3 atom stereocenters. The van der Waals surface area contributed by atoms with Crippen molar-refractivity contribution in [3.8, 4) is 0 Å². The summed E-state index contributed by atoms with van der Waals surface area (Å²) in [4.78, 5) is 43.6. The van der Waals surface area contributed by atoms with Gasteiger partial charge in [0, 0.05) is 11.4 Å². The predicted octanol–water partition coefficient (Wildman–Crippen LogP) is 3.22. The highest BCUT2D eigenvalue weighted by atomic mass is 35.5. The highest BCUT2D eigenvalue weighted by Crippen LogP contribution is 2.43. The van der Waals surface area contributed by atoms with Crippen LogP contribution in [0.15, 0.2) is 36.4 Å². The number of pyridine rings is 1. The van der Waals surface area contributed by atoms with E-state index in [0.29, 0.717) is 17.3 Å². The van der Waals surface area contributed by atoms with Gasteiger partial charge in [-0.1, -0.05) is 29.8 Å². The SMILES string of the molecule is NC(=O)c1nn(CC(=O)N2[C@@H]3CC[C@@H](C3)[C@H]2C(=O)Nc2ccc(C(F)(F)F)c(Cl)n2)c2ccccc12. The van der Waals surface area contributed by atoms with Crippen molar-refractivity contribution in [2.75, 3.05) is 5.32 Å². The number of carbonyl (C=O) groups is 3. The largest absolute Gasteiger partial charge is 0.419 e. The summed E-state index contributed by atoms with van der Waals surface area (Å²) in [6, 6.07) is 7.65. The third kappa shape index (κ3) is 4.15. The van der Waals surface area contributed by atoms with Gasteiger partial charge in [-0.25, -0.2) is 4.98 Å². The van der Waals surface area contributed by atoms with Gasteiger partial charge in [0.25, 0.3) is 5.91 Å². The number of likely N-dealkylation sites (tertiary alicyclic amines) is 1. The van der Waals surface area contributed by atoms with Gasteiger partial charge in [-0.2, -0.15) is 18.3 Å². The molecule has 1 saturated heterocycles. The Morgan fingerprint density at radius 1 is 1.14 bits per heavy atom. The van der Waals surface area contributed by atoms with E-state index in [1.165, 1.54) is 9.58 Å². The van der Waals surface area contributed by atoms with E-state index in [1.807, 2.05) is 0 Å². The minimum absolute atomic E-state index is 0.0425. The van der Waals surface area contributed by atoms with Crippen LogP contribution in [0.25, 0.3) is 10.9 Å². The number of benzene rings is 1. The molecule has 2 fully saturated rings. The van der Waals surface area contributed by atoms with Crippen molar-refractivity contribution < 1.29 is 27.6 Å². The monoisotopic (exact) mass is 520 g/mol. The number of para-hydroxylation sites is 1. The zero-order chi connectivity index (χ0) is 25.8. The number of primary amides is 1. The maximum absolute atomic E-state index is 13.4. The number of alkyl halides is 3. The Morgan fingerprint density at radius 2 is 1.89 bits per heavy atom. The normalized spacial score (nSPS) is 21.2. The van der Waals surface area contributed by atoms with Crippen LogP contribution in [0.4, 0.5) is 19.0 Å². The lowest BCUT2D eigenvalue weighted by Crippen LogP contribution is -2.52. The van der Waals surface area contributed by atoms with Crippen LogP contribution in [0.3, 0.4) is 0 Å². The van der Waals surface area contributed by atoms with E-state index in [-0.39, 0.29) is 35.9 Å². The highest BCUT2D eigenvalue weighted by molar-refractivity contribution is 6.30. The molecule has 0 spiro atoms. The summed E-state index contributed by atoms with van der Waals surface area (Å²) >= 11 is 5.67. The van der Waals surface area contributed by atoms with E-state index >= 15 is 0 Å². The number of nitrogens with one attached hydrogen (secondary N) is 1. The summed E-state index contributed by atoms with van der Waals surface area (Å²) in [6.07, 6.45) is -2.57. The molecular formula is C23H20ClF3N6O3. The van der Waals surface area contributed by atoms with Crippen LogP contribution in [0.1, 0.15) is 35.3 Å². The van der Waals surface area contributed by atoms with Crippen LogP contribution in [0, 0.1) is 5.92 Å². The summed E-state index contributed by atoms with van der Waals surface area (Å²) in [6.45, 7) is -0.217. The molecule has 188 valence electrons. The van der Waals surface area contributed by atoms with Gasteiger partial charge in [-0.15, -0.1) is 0 Å². The Morgan fingerprint density at radius 3 is 2.58 bits per heavy atom. The maximum Gasteiger partial charge on any atom is 0.419 e. The van der Waals surface area contributed by atoms with Crippen LogP contribution in [-0.2, 0) is 22.3 Å². The molecule has 1 aliphatic heterocycles. The zero-order valence-corrected chi connectivity index (χ0v) is 19.4. The fraction of sp³-hybridized carbons (Fsp3) is 0.348. The summed E-state index contributed by atoms with van der Waals surface area (Å²) < 4.78 is 40.3. The second-order valence-corrected chi connectivity index (χ2v) is 9.24. The Bertz CT molecular complexity index is 1390. The lowest BCUT2D eigenvalue weighted by molar-refractivity contribution is -0.141. The fourth-order valence-corrected chi connectivity index (χ4v) is 5.50. The van der Waals surface area contributed by atoms with Crippen molar-refractivity contribution in [3.05, 3.63) is 52.8 Å². The Labute approximate surface area is 207 Å². The Kier molecular flexibility index (Phi) is 5.86. The predicted molar refractivity (Wildman–Crippen MR) is 123 cm³/mol. The van der Waals surface area contributed by atoms with E-state index in [0.717, 1.165) is 25.0 Å². The number of hydrogen-bond donors (Lipinski definition) is 2. The minimum atomic E-state index is -4.68. The number of halogens is 4. The number of rotatable bonds is 5. The number of aromatic nitrogens is 3. The first kappa shape index (κ1) is 24.0. The van der Waals surface area contributed by atoms with Gasteiger partial charge in [0.1, 0.15) is 23.6 Å². The molecule has 9 nitrogen and oxygen atoms in total. The van der Waals surface area contributed by atoms with Crippen molar-refractivity contribution >= 4 is 46.0 Å². The zero-order valence-electron chi connectivity index (χ0n) is 18.6. The fourth-order valence-electron chi connectivity index (χ4n) is 5.24. The van der Waals surface area contributed by atoms with E-state index in [4.69, 9.17) is 17.3 Å². The van der Waals surface area contributed by atoms with Crippen molar-refractivity contribution in [2.24, 2.45) is 11.7 Å². The number of nitrogens with two attached hydrogens (primary N) is 1. The highest BCUT2D eigenvalue weighted by Gasteiger charge is 2.51. The Balaban J connectivity index is 1.38. The molecule has 1 aromatic carbocycles. The molecule has 13 heteroatoms. The first-order valence-electron chi connectivity index (χ1n) is 11.2. The van der Waals surface area contributed by atoms with E-state index in [9.17, 15) is 27.6 Å². The van der Waals surface area contributed by atoms with E-state index in [1.54, 1.807) is 24.3 Å². The number of amides is 3. The van der Waals surface area contributed by atoms with Crippen LogP contribution in [0.5, 0.6) is 0 Å². The molecule has 3 heterocycles. The van der Waals surface area contributed by atoms with E-state index in [2.05, 4.69) is 15.4 Å². The molecular weight excluding hydrogens is 501 g/mol. The second kappa shape index (κ2) is 8.77. The molecule has 1 saturated carbocycles. The topological polar surface area (TPSA) is 123 Å². The third-order valence-corrected chi connectivity index (χ3v) is 7.01. The Hall–Kier alpha value is -3.67. The quantitative estimate of drug-likeness (QED) is 0.500. The van der Waals surface area contributed by atoms with Gasteiger partial charge < -0.3 is 16.0 Å². The molecule has 5 rings (SSSR count). The summed E-state index contributed by atoms with van der Waals surface area (Å²) in [5.41, 5.74) is 4.92. The van der Waals surface area contributed by atoms with Crippen molar-refractivity contribution in [1.82, 2.24) is 19.7 Å². The van der Waals surface area contributed by atoms with Gasteiger partial charge in [0.05, 0.1) is 11.1 Å². The number of anilines is 1. The lowest BCUT2D eigenvalue weighted by Gasteiger charge is -2.34. The number of hydrogen-bond acceptors (Lipinski definition) is 5. The van der Waals surface area contributed by atoms with Crippen molar-refractivity contribution in [1.29, 1.82) is 0 Å². The molecule has 0 radical (unpaired) electrons. The molecule has 3 N–H and O–H groups in total. The molecule has 3 aromatic rings. The van der Waals surface area contributed by atoms with Gasteiger partial charge in [-0.3, -0.25) is 19.1 Å². The minimum Gasteiger partial charge on any atom is -0.364 e. The van der Waals surface area contributed by atoms with Crippen LogP contribution < -0.4 is 11.1 Å². The number of carbonyl (C=O) groups excluding carboxylic acids is 3. The molecule has 0 unspecified atom stereocenters. The summed E-state index contributed by atoms with van der Waals surface area (Å²) in [5, 5.41) is 6.46. The molecule has 36 heavy (non-hydrogen) atoms. The van der Waals surface area contributed by atoms with Crippen LogP contribution in [-0.4, -0.2) is 49.5 Å². The third-order valence-electron chi connectivity index (χ3n) is 6.72. The van der Waals surface area contributed by atoms with E-state index < -0.39 is 34.7 Å². The van der Waals surface area contributed by atoms with Gasteiger partial charge in [0.15, 0.2) is 5.69 Å². The van der Waals surface area contributed by atoms with Crippen molar-refractivity contribution in [2.45, 2.75) is 44.1 Å². The van der Waals surface area contributed by atoms with Gasteiger partial charge in [0.2, 0.25) is 11.8 Å². The second-order valence-electron chi connectivity index (χ2n) is 8.88. The standard InChI is InChI=1S/C23H20ClF3N6O3/c24-20-14(23(25,26)27)7-8-16(29-20)30-22(36)19-11-5-6-12(9-11)33(19)17(34)10-32-15-4-2-1-3-13(15)18(31-32)21(28)35/h1-4,7-8,11-12,19H,5-6,9-10H2,(H2,28,35)(H,29,30,36)/t11-,12+,19-/m0/s1. The molecule has 2 aromatic heterocycles. The molecule has 2 aliphatic rings. The molecule has 2 bridgehead atoms. The number of fused-ring (bicyclic) bond motifs is 3. The van der Waals surface area contributed by atoms with Crippen LogP contribution in [0.2, 0.25) is 5.15 Å². The van der Waals surface area contributed by atoms with Crippen molar-refractivity contribution in [3.63, 3.8) is 0 Å². The number of nitrogens with zero attached hydrogens (tertiary/aromatic N) is 4. The molecule has 1 aliphatic carbocycles. The summed E-state index contributed by atoms with van der Waals surface area (Å²) in [5.74, 6) is -1.89. The first-order valence-corrected chi connectivity index (χ1v) is 11.5. The first-order chi connectivity index (χ1) is 17.0. The average molecular weight is 521 g/mol. The molecule has 3 amide bonds. The van der Waals surface area contributed by atoms with Crippen LogP contribution >= 0.6 is 11.6 Å². The average Bonchev–Trinajstić information content (AvgIpc) is 3.51. The summed E-state index contributed by atoms with van der Waals surface area (Å²) in [7, 11) is 0.